The van der Waals surface area contributed by atoms with E-state index in [-0.39, 0.29) is 5.91 Å². The van der Waals surface area contributed by atoms with Crippen molar-refractivity contribution in [3.05, 3.63) is 83.2 Å². The van der Waals surface area contributed by atoms with Gasteiger partial charge in [0.1, 0.15) is 0 Å². The lowest BCUT2D eigenvalue weighted by Gasteiger charge is -2.18. The Morgan fingerprint density at radius 1 is 1.00 bits per heavy atom. The summed E-state index contributed by atoms with van der Waals surface area (Å²) in [6.45, 7) is 9.77. The van der Waals surface area contributed by atoms with Gasteiger partial charge in [0.05, 0.1) is 5.69 Å². The summed E-state index contributed by atoms with van der Waals surface area (Å²) in [5, 5.41) is 7.46. The molecule has 1 N–H and O–H groups in total. The Morgan fingerprint density at radius 3 is 2.43 bits per heavy atom. The van der Waals surface area contributed by atoms with E-state index >= 15 is 0 Å². The molecule has 28 heavy (non-hydrogen) atoms. The molecule has 1 amide bonds. The van der Waals surface area contributed by atoms with Crippen molar-refractivity contribution < 1.29 is 4.79 Å². The first-order chi connectivity index (χ1) is 13.6. The monoisotopic (exact) mass is 376 g/mol. The molecular formula is C23H28N4O. The Morgan fingerprint density at radius 2 is 1.71 bits per heavy atom. The summed E-state index contributed by atoms with van der Waals surface area (Å²) in [5.41, 5.74) is 4.67. The number of carbonyl (C=O) groups excluding carboxylic acids is 1. The first-order valence-electron chi connectivity index (χ1n) is 9.81. The van der Waals surface area contributed by atoms with Crippen LogP contribution in [0.4, 0.5) is 0 Å². The zero-order chi connectivity index (χ0) is 19.9. The van der Waals surface area contributed by atoms with Crippen molar-refractivity contribution in [2.45, 2.75) is 33.9 Å². The molecule has 2 aromatic carbocycles. The normalized spacial score (nSPS) is 11.0. The molecule has 0 aliphatic carbocycles. The van der Waals surface area contributed by atoms with Gasteiger partial charge in [-0.15, -0.1) is 0 Å². The van der Waals surface area contributed by atoms with Crippen LogP contribution in [0.25, 0.3) is 5.69 Å². The van der Waals surface area contributed by atoms with Gasteiger partial charge in [0, 0.05) is 18.8 Å². The molecule has 3 rings (SSSR count). The number of rotatable bonds is 8. The molecule has 0 aliphatic rings. The Hall–Kier alpha value is -2.92. The molecule has 0 unspecified atom stereocenters. The van der Waals surface area contributed by atoms with Gasteiger partial charge in [0.2, 0.25) is 0 Å². The smallest absolute Gasteiger partial charge is 0.272 e. The van der Waals surface area contributed by atoms with Gasteiger partial charge in [-0.25, -0.2) is 4.68 Å². The number of hydrogen-bond acceptors (Lipinski definition) is 3. The van der Waals surface area contributed by atoms with Crippen LogP contribution in [-0.2, 0) is 13.1 Å². The van der Waals surface area contributed by atoms with E-state index in [2.05, 4.69) is 47.4 Å². The van der Waals surface area contributed by atoms with Crippen molar-refractivity contribution in [3.8, 4) is 5.69 Å². The topological polar surface area (TPSA) is 50.2 Å². The van der Waals surface area contributed by atoms with E-state index in [9.17, 15) is 4.79 Å². The number of aryl methyl sites for hydroxylation is 1. The van der Waals surface area contributed by atoms with Crippen molar-refractivity contribution in [3.63, 3.8) is 0 Å². The highest BCUT2D eigenvalue weighted by Gasteiger charge is 2.13. The highest BCUT2D eigenvalue weighted by Crippen LogP contribution is 2.12. The summed E-state index contributed by atoms with van der Waals surface area (Å²) >= 11 is 0. The SMILES string of the molecule is CCN(CC)Cc1cccc(CNC(=O)c2cc(C)n(-c3ccccc3)n2)c1. The quantitative estimate of drug-likeness (QED) is 0.648. The molecule has 5 nitrogen and oxygen atoms in total. The lowest BCUT2D eigenvalue weighted by molar-refractivity contribution is 0.0945. The van der Waals surface area contributed by atoms with Gasteiger partial charge >= 0.3 is 0 Å². The van der Waals surface area contributed by atoms with E-state index < -0.39 is 0 Å². The van der Waals surface area contributed by atoms with Gasteiger partial charge < -0.3 is 5.32 Å². The molecule has 1 heterocycles. The summed E-state index contributed by atoms with van der Waals surface area (Å²) in [5.74, 6) is -0.160. The molecule has 1 aromatic heterocycles. The van der Waals surface area contributed by atoms with Crippen LogP contribution in [0.2, 0.25) is 0 Å². The van der Waals surface area contributed by atoms with Crippen molar-refractivity contribution in [2.75, 3.05) is 13.1 Å². The number of nitrogens with zero attached hydrogens (tertiary/aromatic N) is 3. The van der Waals surface area contributed by atoms with E-state index in [0.29, 0.717) is 12.2 Å². The number of benzene rings is 2. The molecule has 0 bridgehead atoms. The summed E-state index contributed by atoms with van der Waals surface area (Å²) < 4.78 is 1.79. The van der Waals surface area contributed by atoms with Gasteiger partial charge in [0.25, 0.3) is 5.91 Å². The van der Waals surface area contributed by atoms with Crippen molar-refractivity contribution >= 4 is 5.91 Å². The van der Waals surface area contributed by atoms with E-state index in [1.54, 1.807) is 4.68 Å². The Kier molecular flexibility index (Phi) is 6.61. The van der Waals surface area contributed by atoms with Gasteiger partial charge in [-0.2, -0.15) is 5.10 Å². The van der Waals surface area contributed by atoms with Crippen LogP contribution in [-0.4, -0.2) is 33.7 Å². The summed E-state index contributed by atoms with van der Waals surface area (Å²) in [6.07, 6.45) is 0. The zero-order valence-corrected chi connectivity index (χ0v) is 16.9. The predicted molar refractivity (Wildman–Crippen MR) is 113 cm³/mol. The fourth-order valence-electron chi connectivity index (χ4n) is 3.23. The van der Waals surface area contributed by atoms with Crippen LogP contribution in [0.15, 0.2) is 60.7 Å². The second-order valence-corrected chi connectivity index (χ2v) is 6.88. The first-order valence-corrected chi connectivity index (χ1v) is 9.81. The third-order valence-corrected chi connectivity index (χ3v) is 4.87. The molecule has 0 saturated carbocycles. The molecule has 5 heteroatoms. The molecule has 0 fully saturated rings. The van der Waals surface area contributed by atoms with Gasteiger partial charge in [-0.05, 0) is 49.3 Å². The number of carbonyl (C=O) groups is 1. The molecule has 0 spiro atoms. The van der Waals surface area contributed by atoms with Crippen LogP contribution in [0.1, 0.15) is 41.2 Å². The minimum absolute atomic E-state index is 0.160. The summed E-state index contributed by atoms with van der Waals surface area (Å²) in [6, 6.07) is 20.0. The Bertz CT molecular complexity index is 913. The van der Waals surface area contributed by atoms with Crippen molar-refractivity contribution in [1.29, 1.82) is 0 Å². The number of nitrogens with one attached hydrogen (secondary N) is 1. The van der Waals surface area contributed by atoms with Gasteiger partial charge in [-0.1, -0.05) is 56.3 Å². The van der Waals surface area contributed by atoms with E-state index in [1.807, 2.05) is 49.4 Å². The van der Waals surface area contributed by atoms with Crippen LogP contribution < -0.4 is 5.32 Å². The zero-order valence-electron chi connectivity index (χ0n) is 16.9. The van der Waals surface area contributed by atoms with Crippen molar-refractivity contribution in [1.82, 2.24) is 20.0 Å². The third kappa shape index (κ3) is 4.87. The second kappa shape index (κ2) is 9.33. The first kappa shape index (κ1) is 19.8. The molecule has 3 aromatic rings. The molecule has 0 atom stereocenters. The highest BCUT2D eigenvalue weighted by atomic mass is 16.1. The average Bonchev–Trinajstić information content (AvgIpc) is 3.13. The molecule has 0 aliphatic heterocycles. The summed E-state index contributed by atoms with van der Waals surface area (Å²) in [4.78, 5) is 14.9. The average molecular weight is 377 g/mol. The van der Waals surface area contributed by atoms with E-state index in [0.717, 1.165) is 36.6 Å². The van der Waals surface area contributed by atoms with Crippen LogP contribution >= 0.6 is 0 Å². The lowest BCUT2D eigenvalue weighted by Crippen LogP contribution is -2.24. The molecule has 0 saturated heterocycles. The lowest BCUT2D eigenvalue weighted by atomic mass is 10.1. The van der Waals surface area contributed by atoms with Crippen LogP contribution in [0, 0.1) is 6.92 Å². The Labute approximate surface area is 167 Å². The predicted octanol–water partition coefficient (Wildman–Crippen LogP) is 3.95. The fourth-order valence-corrected chi connectivity index (χ4v) is 3.23. The maximum absolute atomic E-state index is 12.6. The van der Waals surface area contributed by atoms with Crippen LogP contribution in [0.5, 0.6) is 0 Å². The van der Waals surface area contributed by atoms with Gasteiger partial charge in [-0.3, -0.25) is 9.69 Å². The van der Waals surface area contributed by atoms with Gasteiger partial charge in [0.15, 0.2) is 5.69 Å². The largest absolute Gasteiger partial charge is 0.347 e. The van der Waals surface area contributed by atoms with Crippen LogP contribution in [0.3, 0.4) is 0 Å². The van der Waals surface area contributed by atoms with E-state index in [1.165, 1.54) is 5.56 Å². The second-order valence-electron chi connectivity index (χ2n) is 6.88. The fraction of sp³-hybridized carbons (Fsp3) is 0.304. The maximum atomic E-state index is 12.6. The highest BCUT2D eigenvalue weighted by molar-refractivity contribution is 5.92. The number of hydrogen-bond donors (Lipinski definition) is 1. The molecular weight excluding hydrogens is 348 g/mol. The standard InChI is InChI=1S/C23H28N4O/c1-4-26(5-2)17-20-11-9-10-19(15-20)16-24-23(28)22-14-18(3)27(25-22)21-12-7-6-8-13-21/h6-15H,4-5,16-17H2,1-3H3,(H,24,28). The summed E-state index contributed by atoms with van der Waals surface area (Å²) in [7, 11) is 0. The number of amides is 1. The van der Waals surface area contributed by atoms with Crippen molar-refractivity contribution in [2.24, 2.45) is 0 Å². The number of aromatic nitrogens is 2. The minimum atomic E-state index is -0.160. The molecule has 146 valence electrons. The maximum Gasteiger partial charge on any atom is 0.272 e. The third-order valence-electron chi connectivity index (χ3n) is 4.87. The minimum Gasteiger partial charge on any atom is -0.347 e. The molecule has 0 radical (unpaired) electrons. The Balaban J connectivity index is 1.65. The number of para-hydroxylation sites is 1. The van der Waals surface area contributed by atoms with E-state index in [4.69, 9.17) is 0 Å².